The van der Waals surface area contributed by atoms with Gasteiger partial charge in [0.05, 0.1) is 60.9 Å². The van der Waals surface area contributed by atoms with Gasteiger partial charge in [0.15, 0.2) is 66.3 Å². The van der Waals surface area contributed by atoms with Gasteiger partial charge in [-0.05, 0) is 89.1 Å². The molecule has 0 aliphatic heterocycles. The van der Waals surface area contributed by atoms with E-state index < -0.39 is 65.5 Å². The van der Waals surface area contributed by atoms with Crippen LogP contribution >= 0.6 is 0 Å². The first kappa shape index (κ1) is 54.2. The van der Waals surface area contributed by atoms with Crippen molar-refractivity contribution in [2.45, 2.75) is 75.8 Å². The van der Waals surface area contributed by atoms with Crippen LogP contribution in [-0.2, 0) is 40.7 Å². The third-order valence-electron chi connectivity index (χ3n) is 11.9. The number of ether oxygens (including phenoxy) is 4. The predicted molar refractivity (Wildman–Crippen MR) is 269 cm³/mol. The van der Waals surface area contributed by atoms with Gasteiger partial charge in [0, 0.05) is 25.6 Å². The van der Waals surface area contributed by atoms with Crippen LogP contribution in [0.4, 0.5) is 8.78 Å². The van der Waals surface area contributed by atoms with Crippen LogP contribution in [0.5, 0.6) is 11.5 Å². The average Bonchev–Trinajstić information content (AvgIpc) is 3.98. The number of halogens is 2. The van der Waals surface area contributed by atoms with Gasteiger partial charge in [0.25, 0.3) is 0 Å². The zero-order chi connectivity index (χ0) is 53.5. The first-order chi connectivity index (χ1) is 35.3. The van der Waals surface area contributed by atoms with E-state index in [1.165, 1.54) is 42.3 Å². The van der Waals surface area contributed by atoms with Crippen molar-refractivity contribution in [1.29, 1.82) is 0 Å². The molecule has 6 aromatic heterocycles. The summed E-state index contributed by atoms with van der Waals surface area (Å²) >= 11 is 0. The van der Waals surface area contributed by atoms with Crippen LogP contribution in [0.3, 0.4) is 0 Å². The Morgan fingerprint density at radius 2 is 0.865 bits per heavy atom. The largest absolute Gasteiger partial charge is 0.495 e. The van der Waals surface area contributed by atoms with E-state index in [9.17, 15) is 25.6 Å². The Bertz CT molecular complexity index is 3240. The number of benzene rings is 2. The highest BCUT2D eigenvalue weighted by Crippen LogP contribution is 2.35. The van der Waals surface area contributed by atoms with Crippen LogP contribution in [0.1, 0.15) is 71.9 Å². The molecule has 0 amide bonds. The molecule has 0 unspecified atom stereocenters. The van der Waals surface area contributed by atoms with E-state index in [1.807, 2.05) is 76.2 Å². The molecule has 0 radical (unpaired) electrons. The molecule has 0 saturated heterocycles. The molecule has 0 spiro atoms. The topological polar surface area (TPSA) is 244 Å². The van der Waals surface area contributed by atoms with E-state index in [-0.39, 0.29) is 23.3 Å². The van der Waals surface area contributed by atoms with E-state index >= 15 is 0 Å². The normalized spacial score (nSPS) is 13.4. The second-order valence-corrected chi connectivity index (χ2v) is 21.7. The molecule has 24 heteroatoms. The van der Waals surface area contributed by atoms with Crippen LogP contribution in [0.2, 0.25) is 0 Å². The van der Waals surface area contributed by atoms with Crippen molar-refractivity contribution in [3.8, 4) is 45.9 Å². The molecule has 4 atom stereocenters. The molecule has 0 fully saturated rings. The Morgan fingerprint density at radius 3 is 1.19 bits per heavy atom. The van der Waals surface area contributed by atoms with Crippen molar-refractivity contribution in [2.75, 3.05) is 28.4 Å². The molecule has 8 rings (SSSR count). The maximum Gasteiger partial charge on any atom is 0.187 e. The Balaban J connectivity index is 0.000000216. The van der Waals surface area contributed by atoms with Crippen LogP contribution in [0.25, 0.3) is 34.4 Å². The standard InChI is InChI=1S/2C25H27FN6O4S/c2*1-15-8-6-11-20(35-4)22(15)32-21(30-31-25(32)19-10-7-9-16(2)29-19)14-37(33,34)17(3)23(36-5)24-27-12-18(26)13-28-24/h2*6-13,17,23H,14H2,1-5H3/t2*17-,23+/m10/s1. The van der Waals surface area contributed by atoms with Gasteiger partial charge in [-0.3, -0.25) is 9.13 Å². The molecule has 74 heavy (non-hydrogen) atoms. The molecule has 388 valence electrons. The first-order valence-corrected chi connectivity index (χ1v) is 26.2. The summed E-state index contributed by atoms with van der Waals surface area (Å²) in [6.45, 7) is 10.5. The summed E-state index contributed by atoms with van der Waals surface area (Å²) in [6.07, 6.45) is 1.83. The molecule has 0 aliphatic rings. The molecule has 6 heterocycles. The fourth-order valence-electron chi connectivity index (χ4n) is 8.08. The number of methoxy groups -OCH3 is 4. The highest BCUT2D eigenvalue weighted by molar-refractivity contribution is 7.91. The number of hydrogen-bond acceptors (Lipinski definition) is 18. The SMILES string of the molecule is COc1cccc(C)c1-n1c(CS(=O)(=O)[C@@H](C)[C@@H](OC)c2ncc(F)cn2)nnc1-c1cccc(C)n1.COc1cccc(C)c1-n1c(CS(=O)(=O)[C@H](C)[C@H](OC)c2ncc(F)cn2)nnc1-c1cccc(C)n1. The summed E-state index contributed by atoms with van der Waals surface area (Å²) in [7, 11) is -2.03. The predicted octanol–water partition coefficient (Wildman–Crippen LogP) is 7.15. The van der Waals surface area contributed by atoms with Crippen LogP contribution in [-0.4, -0.2) is 115 Å². The zero-order valence-electron chi connectivity index (χ0n) is 42.2. The molecule has 0 N–H and O–H groups in total. The summed E-state index contributed by atoms with van der Waals surface area (Å²) in [5.74, 6) is 0.0668. The number of nitrogens with zero attached hydrogens (tertiary/aromatic N) is 12. The van der Waals surface area contributed by atoms with Gasteiger partial charge in [-0.25, -0.2) is 55.5 Å². The number of hydrogen-bond donors (Lipinski definition) is 0. The average molecular weight is 1050 g/mol. The summed E-state index contributed by atoms with van der Waals surface area (Å²) < 4.78 is 107. The lowest BCUT2D eigenvalue weighted by Gasteiger charge is -2.22. The summed E-state index contributed by atoms with van der Waals surface area (Å²) in [5, 5.41) is 15.0. The number of pyridine rings is 2. The molecular formula is C50H54F2N12O8S2. The van der Waals surface area contributed by atoms with E-state index in [4.69, 9.17) is 18.9 Å². The van der Waals surface area contributed by atoms with Gasteiger partial charge >= 0.3 is 0 Å². The minimum atomic E-state index is -3.91. The molecule has 0 bridgehead atoms. The number of sulfone groups is 2. The smallest absolute Gasteiger partial charge is 0.187 e. The van der Waals surface area contributed by atoms with Gasteiger partial charge in [0.2, 0.25) is 0 Å². The van der Waals surface area contributed by atoms with Crippen molar-refractivity contribution in [3.63, 3.8) is 0 Å². The van der Waals surface area contributed by atoms with E-state index in [1.54, 1.807) is 33.4 Å². The molecule has 8 aromatic rings. The second kappa shape index (κ2) is 23.1. The maximum absolute atomic E-state index is 13.6. The monoisotopic (exact) mass is 1050 g/mol. The second-order valence-electron chi connectivity index (χ2n) is 17.0. The molecule has 20 nitrogen and oxygen atoms in total. The highest BCUT2D eigenvalue weighted by atomic mass is 32.2. The summed E-state index contributed by atoms with van der Waals surface area (Å²) in [6, 6.07) is 22.0. The number of aromatic nitrogens is 12. The van der Waals surface area contributed by atoms with Gasteiger partial charge in [-0.1, -0.05) is 36.4 Å². The van der Waals surface area contributed by atoms with Crippen molar-refractivity contribution in [2.24, 2.45) is 0 Å². The van der Waals surface area contributed by atoms with Crippen molar-refractivity contribution >= 4 is 19.7 Å². The van der Waals surface area contributed by atoms with Gasteiger partial charge in [-0.15, -0.1) is 20.4 Å². The fraction of sp³-hybridized carbons (Fsp3) is 0.320. The first-order valence-electron chi connectivity index (χ1n) is 22.8. The summed E-state index contributed by atoms with van der Waals surface area (Å²) in [5.41, 5.74) is 5.48. The quantitative estimate of drug-likeness (QED) is 0.0828. The van der Waals surface area contributed by atoms with E-state index in [0.717, 1.165) is 47.3 Å². The Morgan fingerprint density at radius 1 is 0.514 bits per heavy atom. The zero-order valence-corrected chi connectivity index (χ0v) is 43.8. The Labute approximate surface area is 427 Å². The minimum absolute atomic E-state index is 0.0617. The molecule has 0 saturated carbocycles. The van der Waals surface area contributed by atoms with Gasteiger partial charge in [0.1, 0.15) is 46.6 Å². The van der Waals surface area contributed by atoms with E-state index in [0.29, 0.717) is 45.9 Å². The Hall–Kier alpha value is -7.54. The van der Waals surface area contributed by atoms with Gasteiger partial charge in [-0.2, -0.15) is 0 Å². The Kier molecular flexibility index (Phi) is 16.9. The minimum Gasteiger partial charge on any atom is -0.495 e. The lowest BCUT2D eigenvalue weighted by atomic mass is 10.1. The lowest BCUT2D eigenvalue weighted by molar-refractivity contribution is 0.0945. The third kappa shape index (κ3) is 11.8. The van der Waals surface area contributed by atoms with Crippen molar-refractivity contribution < 1.29 is 44.6 Å². The molecule has 2 aromatic carbocycles. The van der Waals surface area contributed by atoms with Gasteiger partial charge < -0.3 is 18.9 Å². The van der Waals surface area contributed by atoms with Crippen LogP contribution < -0.4 is 9.47 Å². The number of para-hydroxylation sites is 2. The number of rotatable bonds is 18. The fourth-order valence-corrected chi connectivity index (χ4v) is 10.9. The lowest BCUT2D eigenvalue weighted by Crippen LogP contribution is -2.30. The van der Waals surface area contributed by atoms with Crippen LogP contribution in [0, 0.1) is 39.3 Å². The summed E-state index contributed by atoms with van der Waals surface area (Å²) in [4.78, 5) is 24.8. The van der Waals surface area contributed by atoms with E-state index in [2.05, 4.69) is 50.3 Å². The maximum atomic E-state index is 13.6. The highest BCUT2D eigenvalue weighted by Gasteiger charge is 2.37. The molecule has 0 aliphatic carbocycles. The third-order valence-corrected chi connectivity index (χ3v) is 16.0. The number of aryl methyl sites for hydroxylation is 4. The van der Waals surface area contributed by atoms with Crippen molar-refractivity contribution in [3.05, 3.63) is 155 Å². The van der Waals surface area contributed by atoms with Crippen LogP contribution in [0.15, 0.2) is 97.6 Å². The van der Waals surface area contributed by atoms with Crippen molar-refractivity contribution in [1.82, 2.24) is 59.4 Å². The molecular weight excluding hydrogens is 999 g/mol.